The van der Waals surface area contributed by atoms with E-state index in [1.807, 2.05) is 29.3 Å². The van der Waals surface area contributed by atoms with Crippen molar-refractivity contribution in [2.45, 2.75) is 33.0 Å². The molecule has 0 aliphatic rings. The lowest BCUT2D eigenvalue weighted by atomic mass is 10.3. The third kappa shape index (κ3) is 4.25. The zero-order valence-electron chi connectivity index (χ0n) is 11.2. The fraction of sp³-hybridized carbons (Fsp3) is 0.500. The van der Waals surface area contributed by atoms with Crippen LogP contribution in [0.5, 0.6) is 0 Å². The van der Waals surface area contributed by atoms with Crippen LogP contribution in [0.4, 0.5) is 5.82 Å². The van der Waals surface area contributed by atoms with Gasteiger partial charge in [-0.15, -0.1) is 12.4 Å². The summed E-state index contributed by atoms with van der Waals surface area (Å²) >= 11 is 0. The van der Waals surface area contributed by atoms with Gasteiger partial charge in [0.15, 0.2) is 0 Å². The first kappa shape index (κ1) is 15.5. The highest BCUT2D eigenvalue weighted by Crippen LogP contribution is 2.08. The lowest BCUT2D eigenvalue weighted by Crippen LogP contribution is -2.04. The summed E-state index contributed by atoms with van der Waals surface area (Å²) in [7, 11) is 0. The summed E-state index contributed by atoms with van der Waals surface area (Å²) < 4.78 is 3.64. The normalized spacial score (nSPS) is 10.5. The molecular formula is C12H20ClN5O. The van der Waals surface area contributed by atoms with Gasteiger partial charge in [0.2, 0.25) is 0 Å². The van der Waals surface area contributed by atoms with Crippen LogP contribution in [0.2, 0.25) is 0 Å². The molecule has 0 aliphatic heterocycles. The van der Waals surface area contributed by atoms with Gasteiger partial charge in [-0.3, -0.25) is 9.36 Å². The van der Waals surface area contributed by atoms with Gasteiger partial charge in [-0.1, -0.05) is 0 Å². The van der Waals surface area contributed by atoms with Gasteiger partial charge in [-0.2, -0.15) is 10.2 Å². The maximum Gasteiger partial charge on any atom is 0.148 e. The fourth-order valence-corrected chi connectivity index (χ4v) is 1.63. The summed E-state index contributed by atoms with van der Waals surface area (Å²) in [6.07, 6.45) is 5.73. The Morgan fingerprint density at radius 3 is 2.84 bits per heavy atom. The number of halogens is 1. The van der Waals surface area contributed by atoms with Gasteiger partial charge in [0.05, 0.1) is 19.3 Å². The highest BCUT2D eigenvalue weighted by atomic mass is 35.5. The Bertz CT molecular complexity index is 494. The molecule has 19 heavy (non-hydrogen) atoms. The predicted molar refractivity (Wildman–Crippen MR) is 76.5 cm³/mol. The number of hydrogen-bond acceptors (Lipinski definition) is 4. The van der Waals surface area contributed by atoms with Gasteiger partial charge in [0, 0.05) is 36.6 Å². The van der Waals surface area contributed by atoms with Crippen LogP contribution in [0, 0.1) is 0 Å². The quantitative estimate of drug-likeness (QED) is 0.847. The highest BCUT2D eigenvalue weighted by molar-refractivity contribution is 5.85. The van der Waals surface area contributed by atoms with Crippen molar-refractivity contribution >= 4 is 18.2 Å². The lowest BCUT2D eigenvalue weighted by Gasteiger charge is -2.03. The minimum absolute atomic E-state index is 0. The molecule has 2 N–H and O–H groups in total. The third-order valence-corrected chi connectivity index (χ3v) is 2.63. The van der Waals surface area contributed by atoms with Gasteiger partial charge in [0.25, 0.3) is 0 Å². The Morgan fingerprint density at radius 2 is 2.21 bits per heavy atom. The second-order valence-corrected chi connectivity index (χ2v) is 4.46. The summed E-state index contributed by atoms with van der Waals surface area (Å²) in [6, 6.07) is 2.27. The zero-order chi connectivity index (χ0) is 13.0. The molecule has 2 rings (SSSR count). The van der Waals surface area contributed by atoms with E-state index in [2.05, 4.69) is 29.4 Å². The molecule has 0 radical (unpaired) electrons. The van der Waals surface area contributed by atoms with Crippen LogP contribution < -0.4 is 5.32 Å². The van der Waals surface area contributed by atoms with Crippen LogP contribution in [-0.2, 0) is 13.1 Å². The van der Waals surface area contributed by atoms with E-state index in [1.165, 1.54) is 0 Å². The average molecular weight is 286 g/mol. The molecule has 0 aliphatic carbocycles. The van der Waals surface area contributed by atoms with Crippen molar-refractivity contribution in [1.82, 2.24) is 19.6 Å². The Labute approximate surface area is 118 Å². The van der Waals surface area contributed by atoms with Crippen molar-refractivity contribution in [1.29, 1.82) is 0 Å². The van der Waals surface area contributed by atoms with E-state index >= 15 is 0 Å². The largest absolute Gasteiger partial charge is 0.394 e. The Balaban J connectivity index is 0.00000180. The molecule has 0 bridgehead atoms. The van der Waals surface area contributed by atoms with Crippen LogP contribution >= 0.6 is 12.4 Å². The van der Waals surface area contributed by atoms with Gasteiger partial charge in [-0.05, 0) is 13.8 Å². The van der Waals surface area contributed by atoms with E-state index in [9.17, 15) is 0 Å². The molecule has 0 unspecified atom stereocenters. The van der Waals surface area contributed by atoms with Crippen molar-refractivity contribution in [3.63, 3.8) is 0 Å². The van der Waals surface area contributed by atoms with Crippen molar-refractivity contribution in [2.24, 2.45) is 0 Å². The zero-order valence-corrected chi connectivity index (χ0v) is 12.0. The molecular weight excluding hydrogens is 266 g/mol. The number of anilines is 1. The first-order chi connectivity index (χ1) is 8.69. The number of hydrogen-bond donors (Lipinski definition) is 2. The number of aromatic nitrogens is 4. The molecule has 0 amide bonds. The van der Waals surface area contributed by atoms with Crippen molar-refractivity contribution in [2.75, 3.05) is 11.9 Å². The van der Waals surface area contributed by atoms with Crippen LogP contribution in [0.3, 0.4) is 0 Å². The highest BCUT2D eigenvalue weighted by Gasteiger charge is 2.03. The maximum absolute atomic E-state index is 8.80. The first-order valence-corrected chi connectivity index (χ1v) is 6.10. The van der Waals surface area contributed by atoms with E-state index in [-0.39, 0.29) is 19.0 Å². The van der Waals surface area contributed by atoms with Crippen LogP contribution in [0.15, 0.2) is 24.7 Å². The van der Waals surface area contributed by atoms with Crippen molar-refractivity contribution < 1.29 is 5.11 Å². The van der Waals surface area contributed by atoms with E-state index in [0.29, 0.717) is 19.1 Å². The summed E-state index contributed by atoms with van der Waals surface area (Å²) in [5, 5.41) is 20.6. The Kier molecular flexibility index (Phi) is 5.85. The summed E-state index contributed by atoms with van der Waals surface area (Å²) in [5.74, 6) is 0.806. The summed E-state index contributed by atoms with van der Waals surface area (Å²) in [5.41, 5.74) is 1.13. The minimum Gasteiger partial charge on any atom is -0.394 e. The van der Waals surface area contributed by atoms with Crippen LogP contribution in [-0.4, -0.2) is 31.3 Å². The monoisotopic (exact) mass is 285 g/mol. The second-order valence-electron chi connectivity index (χ2n) is 4.46. The fourth-order valence-electron chi connectivity index (χ4n) is 1.63. The molecule has 0 aromatic carbocycles. The molecule has 0 atom stereocenters. The number of aliphatic hydroxyl groups excluding tert-OH is 1. The van der Waals surface area contributed by atoms with E-state index in [1.54, 1.807) is 4.68 Å². The smallest absolute Gasteiger partial charge is 0.148 e. The number of rotatable bonds is 6. The first-order valence-electron chi connectivity index (χ1n) is 6.10. The van der Waals surface area contributed by atoms with Crippen molar-refractivity contribution in [3.05, 3.63) is 30.2 Å². The molecule has 2 heterocycles. The molecule has 0 fully saturated rings. The van der Waals surface area contributed by atoms with Gasteiger partial charge >= 0.3 is 0 Å². The lowest BCUT2D eigenvalue weighted by molar-refractivity contribution is 0.269. The molecule has 2 aromatic rings. The van der Waals surface area contributed by atoms with Crippen LogP contribution in [0.25, 0.3) is 0 Å². The minimum atomic E-state index is 0. The standard InChI is InChI=1S/C12H19N5O.ClH/c1-10(2)17-9-11(8-14-17)7-13-12-3-4-16(15-12)5-6-18;/h3-4,8-10,18H,5-7H2,1-2H3,(H,13,15);1H. The van der Waals surface area contributed by atoms with Crippen molar-refractivity contribution in [3.8, 4) is 0 Å². The third-order valence-electron chi connectivity index (χ3n) is 2.63. The topological polar surface area (TPSA) is 67.9 Å². The molecule has 2 aromatic heterocycles. The summed E-state index contributed by atoms with van der Waals surface area (Å²) in [6.45, 7) is 5.51. The Morgan fingerprint density at radius 1 is 1.42 bits per heavy atom. The molecule has 7 heteroatoms. The van der Waals surface area contributed by atoms with Gasteiger partial charge in [-0.25, -0.2) is 0 Å². The van der Waals surface area contributed by atoms with Crippen LogP contribution in [0.1, 0.15) is 25.5 Å². The van der Waals surface area contributed by atoms with Gasteiger partial charge < -0.3 is 10.4 Å². The molecule has 6 nitrogen and oxygen atoms in total. The molecule has 0 saturated heterocycles. The van der Waals surface area contributed by atoms with E-state index < -0.39 is 0 Å². The molecule has 106 valence electrons. The Hall–Kier alpha value is -1.53. The molecule has 0 spiro atoms. The predicted octanol–water partition coefficient (Wildman–Crippen LogP) is 1.69. The number of aliphatic hydroxyl groups is 1. The summed E-state index contributed by atoms with van der Waals surface area (Å²) in [4.78, 5) is 0. The van der Waals surface area contributed by atoms with E-state index in [4.69, 9.17) is 5.11 Å². The molecule has 0 saturated carbocycles. The number of nitrogens with one attached hydrogen (secondary N) is 1. The number of nitrogens with zero attached hydrogens (tertiary/aromatic N) is 4. The average Bonchev–Trinajstić information content (AvgIpc) is 2.95. The second kappa shape index (κ2) is 7.16. The SMILES string of the molecule is CC(C)n1cc(CNc2ccn(CCO)n2)cn1.Cl. The van der Waals surface area contributed by atoms with Gasteiger partial charge in [0.1, 0.15) is 5.82 Å². The maximum atomic E-state index is 8.80. The van der Waals surface area contributed by atoms with E-state index in [0.717, 1.165) is 11.4 Å².